The Balaban J connectivity index is 1.75. The number of carbonyl (C=O) groups is 2. The molecule has 2 heterocycles. The van der Waals surface area contributed by atoms with Crippen molar-refractivity contribution in [2.24, 2.45) is 0 Å². The predicted molar refractivity (Wildman–Crippen MR) is 94.6 cm³/mol. The lowest BCUT2D eigenvalue weighted by atomic mass is 10.3. The number of nitrogens with one attached hydrogen (secondary N) is 1. The van der Waals surface area contributed by atoms with Crippen molar-refractivity contribution in [2.75, 3.05) is 57.1 Å². The summed E-state index contributed by atoms with van der Waals surface area (Å²) in [7, 11) is 1.60. The zero-order valence-corrected chi connectivity index (χ0v) is 15.6. The van der Waals surface area contributed by atoms with Crippen LogP contribution in [0.15, 0.2) is 4.34 Å². The number of amides is 2. The zero-order chi connectivity index (χ0) is 17.4. The molecule has 0 radical (unpaired) electrons. The summed E-state index contributed by atoms with van der Waals surface area (Å²) >= 11 is 2.86. The Bertz CT molecular complexity index is 546. The van der Waals surface area contributed by atoms with Crippen LogP contribution in [0, 0.1) is 0 Å². The van der Waals surface area contributed by atoms with Crippen molar-refractivity contribution in [3.8, 4) is 0 Å². The lowest BCUT2D eigenvalue weighted by molar-refractivity contribution is -0.131. The molecule has 24 heavy (non-hydrogen) atoms. The molecule has 0 saturated carbocycles. The Morgan fingerprint density at radius 2 is 2.04 bits per heavy atom. The third-order valence-corrected chi connectivity index (χ3v) is 5.67. The van der Waals surface area contributed by atoms with Gasteiger partial charge >= 0.3 is 0 Å². The van der Waals surface area contributed by atoms with E-state index in [0.29, 0.717) is 25.3 Å². The van der Waals surface area contributed by atoms with Crippen molar-refractivity contribution in [2.45, 2.75) is 17.7 Å². The molecule has 0 unspecified atom stereocenters. The van der Waals surface area contributed by atoms with Crippen molar-refractivity contribution in [1.82, 2.24) is 20.4 Å². The molecule has 0 spiro atoms. The fourth-order valence-electron chi connectivity index (χ4n) is 2.23. The second-order valence-corrected chi connectivity index (χ2v) is 7.38. The van der Waals surface area contributed by atoms with E-state index in [2.05, 4.69) is 20.4 Å². The van der Waals surface area contributed by atoms with Crippen LogP contribution in [-0.4, -0.2) is 79.1 Å². The van der Waals surface area contributed by atoms with Gasteiger partial charge in [0.25, 0.3) is 0 Å². The molecule has 134 valence electrons. The summed E-state index contributed by atoms with van der Waals surface area (Å²) < 4.78 is 5.66. The lowest BCUT2D eigenvalue weighted by Gasteiger charge is -2.34. The van der Waals surface area contributed by atoms with Crippen LogP contribution in [0.1, 0.15) is 13.3 Å². The van der Waals surface area contributed by atoms with E-state index >= 15 is 0 Å². The normalized spacial score (nSPS) is 14.8. The van der Waals surface area contributed by atoms with Gasteiger partial charge in [0.2, 0.25) is 16.9 Å². The Hall–Kier alpha value is -1.39. The molecule has 1 N–H and O–H groups in total. The molecule has 0 aromatic carbocycles. The molecule has 2 rings (SSSR count). The van der Waals surface area contributed by atoms with Crippen LogP contribution < -0.4 is 10.2 Å². The molecular formula is C14H23N5O3S2. The molecular weight excluding hydrogens is 350 g/mol. The maximum atomic E-state index is 11.7. The van der Waals surface area contributed by atoms with E-state index in [4.69, 9.17) is 4.74 Å². The molecule has 2 amide bonds. The van der Waals surface area contributed by atoms with Crippen LogP contribution in [0.25, 0.3) is 0 Å². The summed E-state index contributed by atoms with van der Waals surface area (Å²) in [6.07, 6.45) is 0.548. The van der Waals surface area contributed by atoms with Crippen molar-refractivity contribution in [3.63, 3.8) is 0 Å². The second-order valence-electron chi connectivity index (χ2n) is 5.20. The van der Waals surface area contributed by atoms with Crippen LogP contribution in [0.3, 0.4) is 0 Å². The Labute approximate surface area is 149 Å². The minimum absolute atomic E-state index is 0.0412. The molecule has 1 aromatic heterocycles. The molecule has 0 bridgehead atoms. The summed E-state index contributed by atoms with van der Waals surface area (Å²) in [5, 5.41) is 12.0. The van der Waals surface area contributed by atoms with Gasteiger partial charge in [-0.2, -0.15) is 0 Å². The Morgan fingerprint density at radius 1 is 1.29 bits per heavy atom. The maximum Gasteiger partial charge on any atom is 0.230 e. The monoisotopic (exact) mass is 373 g/mol. The first kappa shape index (κ1) is 18.9. The summed E-state index contributed by atoms with van der Waals surface area (Å²) in [6, 6.07) is 0. The SMILES string of the molecule is CCC(=O)N1CCN(c2nnc(SCC(=O)NCCOC)s2)CC1. The third kappa shape index (κ3) is 5.60. The van der Waals surface area contributed by atoms with E-state index in [0.717, 1.165) is 35.7 Å². The van der Waals surface area contributed by atoms with Gasteiger partial charge in [0.15, 0.2) is 4.34 Å². The largest absolute Gasteiger partial charge is 0.383 e. The van der Waals surface area contributed by atoms with Gasteiger partial charge < -0.3 is 19.9 Å². The van der Waals surface area contributed by atoms with Gasteiger partial charge in [0, 0.05) is 46.3 Å². The first-order chi connectivity index (χ1) is 11.6. The highest BCUT2D eigenvalue weighted by molar-refractivity contribution is 8.01. The zero-order valence-electron chi connectivity index (χ0n) is 14.0. The van der Waals surface area contributed by atoms with Gasteiger partial charge in [-0.15, -0.1) is 10.2 Å². The topological polar surface area (TPSA) is 87.7 Å². The van der Waals surface area contributed by atoms with Crippen molar-refractivity contribution < 1.29 is 14.3 Å². The van der Waals surface area contributed by atoms with Crippen LogP contribution in [0.4, 0.5) is 5.13 Å². The van der Waals surface area contributed by atoms with Crippen molar-refractivity contribution in [1.29, 1.82) is 0 Å². The number of thioether (sulfide) groups is 1. The van der Waals surface area contributed by atoms with E-state index in [1.165, 1.54) is 23.1 Å². The van der Waals surface area contributed by atoms with Gasteiger partial charge in [-0.05, 0) is 0 Å². The molecule has 1 aromatic rings. The number of hydrogen-bond acceptors (Lipinski definition) is 8. The lowest BCUT2D eigenvalue weighted by Crippen LogP contribution is -2.48. The van der Waals surface area contributed by atoms with Crippen molar-refractivity contribution in [3.05, 3.63) is 0 Å². The second kappa shape index (κ2) is 9.80. The smallest absolute Gasteiger partial charge is 0.230 e. The van der Waals surface area contributed by atoms with Crippen LogP contribution >= 0.6 is 23.1 Å². The average molecular weight is 374 g/mol. The van der Waals surface area contributed by atoms with Gasteiger partial charge in [-0.1, -0.05) is 30.0 Å². The van der Waals surface area contributed by atoms with Gasteiger partial charge in [-0.25, -0.2) is 0 Å². The van der Waals surface area contributed by atoms with Crippen molar-refractivity contribution >= 4 is 40.0 Å². The highest BCUT2D eigenvalue weighted by atomic mass is 32.2. The standard InChI is InChI=1S/C14H23N5O3S2/c1-3-12(21)18-5-7-19(8-6-18)13-16-17-14(24-13)23-10-11(20)15-4-9-22-2/h3-10H2,1-2H3,(H,15,20). The number of nitrogens with zero attached hydrogens (tertiary/aromatic N) is 4. The minimum atomic E-state index is -0.0412. The fraction of sp³-hybridized carbons (Fsp3) is 0.714. The van der Waals surface area contributed by atoms with Gasteiger partial charge in [0.1, 0.15) is 0 Å². The van der Waals surface area contributed by atoms with Crippen LogP contribution in [0.2, 0.25) is 0 Å². The number of carbonyl (C=O) groups excluding carboxylic acids is 2. The van der Waals surface area contributed by atoms with Gasteiger partial charge in [0.05, 0.1) is 12.4 Å². The molecule has 8 nitrogen and oxygen atoms in total. The number of ether oxygens (including phenoxy) is 1. The minimum Gasteiger partial charge on any atom is -0.383 e. The Morgan fingerprint density at radius 3 is 2.71 bits per heavy atom. The highest BCUT2D eigenvalue weighted by Crippen LogP contribution is 2.28. The number of piperazine rings is 1. The van der Waals surface area contributed by atoms with E-state index in [9.17, 15) is 9.59 Å². The van der Waals surface area contributed by atoms with Gasteiger partial charge in [-0.3, -0.25) is 9.59 Å². The molecule has 10 heteroatoms. The quantitative estimate of drug-likeness (QED) is 0.523. The molecule has 0 atom stereocenters. The van der Waals surface area contributed by atoms with E-state index < -0.39 is 0 Å². The average Bonchev–Trinajstić information content (AvgIpc) is 3.08. The first-order valence-corrected chi connectivity index (χ1v) is 9.69. The summed E-state index contributed by atoms with van der Waals surface area (Å²) in [4.78, 5) is 27.4. The predicted octanol–water partition coefficient (Wildman–Crippen LogP) is 0.451. The van der Waals surface area contributed by atoms with Crippen LogP contribution in [-0.2, 0) is 14.3 Å². The van der Waals surface area contributed by atoms with Crippen LogP contribution in [0.5, 0.6) is 0 Å². The molecule has 1 aliphatic rings. The van der Waals surface area contributed by atoms with E-state index in [1.807, 2.05) is 11.8 Å². The number of aromatic nitrogens is 2. The number of methoxy groups -OCH3 is 1. The first-order valence-electron chi connectivity index (χ1n) is 7.88. The Kier molecular flexibility index (Phi) is 7.73. The third-order valence-electron chi connectivity index (χ3n) is 3.56. The summed E-state index contributed by atoms with van der Waals surface area (Å²) in [5.41, 5.74) is 0. The number of anilines is 1. The maximum absolute atomic E-state index is 11.7. The summed E-state index contributed by atoms with van der Waals surface area (Å²) in [5.74, 6) is 0.472. The molecule has 1 saturated heterocycles. The summed E-state index contributed by atoms with van der Waals surface area (Å²) in [6.45, 7) is 5.87. The number of hydrogen-bond donors (Lipinski definition) is 1. The number of rotatable bonds is 8. The van der Waals surface area contributed by atoms with E-state index in [-0.39, 0.29) is 11.8 Å². The highest BCUT2D eigenvalue weighted by Gasteiger charge is 2.22. The molecule has 1 aliphatic heterocycles. The fourth-order valence-corrected chi connectivity index (χ4v) is 3.95. The molecule has 0 aliphatic carbocycles. The molecule has 1 fully saturated rings. The van der Waals surface area contributed by atoms with E-state index in [1.54, 1.807) is 7.11 Å².